The molecule has 2 heterocycles. The normalized spacial score (nSPS) is 19.7. The number of hydrogen-bond donors (Lipinski definition) is 0. The highest BCUT2D eigenvalue weighted by molar-refractivity contribution is 5.84. The first-order chi connectivity index (χ1) is 15.5. The number of pyridine rings is 1. The van der Waals surface area contributed by atoms with Gasteiger partial charge in [-0.3, -0.25) is 14.6 Å². The minimum absolute atomic E-state index is 0.160. The third kappa shape index (κ3) is 4.77. The van der Waals surface area contributed by atoms with Crippen LogP contribution in [0.2, 0.25) is 0 Å². The van der Waals surface area contributed by atoms with Gasteiger partial charge < -0.3 is 9.80 Å². The molecule has 0 unspecified atom stereocenters. The zero-order valence-electron chi connectivity index (χ0n) is 19.2. The molecule has 2 aromatic rings. The second-order valence-electron chi connectivity index (χ2n) is 9.40. The number of hydrogen-bond acceptors (Lipinski definition) is 3. The van der Waals surface area contributed by atoms with Crippen LogP contribution in [0.5, 0.6) is 0 Å². The van der Waals surface area contributed by atoms with Crippen LogP contribution in [0.4, 0.5) is 0 Å². The van der Waals surface area contributed by atoms with E-state index < -0.39 is 5.41 Å². The van der Waals surface area contributed by atoms with Gasteiger partial charge in [-0.25, -0.2) is 0 Å². The van der Waals surface area contributed by atoms with Gasteiger partial charge in [0.15, 0.2) is 0 Å². The van der Waals surface area contributed by atoms with E-state index in [-0.39, 0.29) is 11.8 Å². The summed E-state index contributed by atoms with van der Waals surface area (Å²) in [4.78, 5) is 34.1. The highest BCUT2D eigenvalue weighted by Crippen LogP contribution is 2.39. The summed E-state index contributed by atoms with van der Waals surface area (Å²) in [5.74, 6) is 0.766. The largest absolute Gasteiger partial charge is 0.348 e. The molecule has 4 rings (SSSR count). The smallest absolute Gasteiger partial charge is 0.228 e. The van der Waals surface area contributed by atoms with Gasteiger partial charge in [0.25, 0.3) is 0 Å². The average molecular weight is 432 g/mol. The van der Waals surface area contributed by atoms with Gasteiger partial charge in [-0.15, -0.1) is 0 Å². The molecular formula is C27H33N3O2. The number of nitrogens with zero attached hydrogens (tertiary/aromatic N) is 3. The summed E-state index contributed by atoms with van der Waals surface area (Å²) >= 11 is 0. The molecule has 0 spiro atoms. The summed E-state index contributed by atoms with van der Waals surface area (Å²) in [7, 11) is 3.67. The van der Waals surface area contributed by atoms with Crippen molar-refractivity contribution in [1.82, 2.24) is 14.8 Å². The van der Waals surface area contributed by atoms with Crippen LogP contribution in [-0.4, -0.2) is 53.8 Å². The van der Waals surface area contributed by atoms with Crippen LogP contribution < -0.4 is 0 Å². The van der Waals surface area contributed by atoms with Crippen LogP contribution in [0.25, 0.3) is 11.1 Å². The third-order valence-corrected chi connectivity index (χ3v) is 7.02. The number of carbonyl (C=O) groups is 2. The van der Waals surface area contributed by atoms with E-state index in [1.807, 2.05) is 43.3 Å². The molecule has 1 fully saturated rings. The zero-order chi connectivity index (χ0) is 22.6. The predicted octanol–water partition coefficient (Wildman–Crippen LogP) is 4.34. The van der Waals surface area contributed by atoms with Crippen molar-refractivity contribution in [3.63, 3.8) is 0 Å². The lowest BCUT2D eigenvalue weighted by Gasteiger charge is -2.42. The van der Waals surface area contributed by atoms with Gasteiger partial charge in [0.05, 0.1) is 5.41 Å². The summed E-state index contributed by atoms with van der Waals surface area (Å²) in [6.07, 6.45) is 12.8. The number of amides is 2. The summed E-state index contributed by atoms with van der Waals surface area (Å²) in [6, 6.07) is 12.4. The molecule has 5 heteroatoms. The van der Waals surface area contributed by atoms with Crippen LogP contribution in [0.1, 0.15) is 37.7 Å². The third-order valence-electron chi connectivity index (χ3n) is 7.02. The van der Waals surface area contributed by atoms with Crippen LogP contribution in [0, 0.1) is 11.3 Å². The second-order valence-corrected chi connectivity index (χ2v) is 9.40. The minimum Gasteiger partial charge on any atom is -0.348 e. The lowest BCUT2D eigenvalue weighted by molar-refractivity contribution is -0.146. The first-order valence-electron chi connectivity index (χ1n) is 11.6. The number of likely N-dealkylation sites (tertiary alicyclic amines) is 1. The monoisotopic (exact) mass is 431 g/mol. The topological polar surface area (TPSA) is 53.5 Å². The highest BCUT2D eigenvalue weighted by Gasteiger charge is 2.43. The molecular weight excluding hydrogens is 398 g/mol. The maximum absolute atomic E-state index is 13.4. The van der Waals surface area contributed by atoms with Crippen LogP contribution in [0.15, 0.2) is 60.9 Å². The Morgan fingerprint density at radius 1 is 1.09 bits per heavy atom. The molecule has 5 nitrogen and oxygen atoms in total. The Hall–Kier alpha value is -2.95. The first kappa shape index (κ1) is 22.3. The Bertz CT molecular complexity index is 975. The molecule has 2 amide bonds. The van der Waals surface area contributed by atoms with E-state index in [9.17, 15) is 9.59 Å². The zero-order valence-corrected chi connectivity index (χ0v) is 19.2. The molecule has 1 saturated heterocycles. The number of benzene rings is 1. The van der Waals surface area contributed by atoms with Crippen LogP contribution in [-0.2, 0) is 16.0 Å². The van der Waals surface area contributed by atoms with Crippen molar-refractivity contribution in [3.05, 3.63) is 66.5 Å². The Morgan fingerprint density at radius 2 is 1.81 bits per heavy atom. The summed E-state index contributed by atoms with van der Waals surface area (Å²) < 4.78 is 0. The van der Waals surface area contributed by atoms with Gasteiger partial charge in [-0.05, 0) is 66.8 Å². The average Bonchev–Trinajstić information content (AvgIpc) is 3.33. The lowest BCUT2D eigenvalue weighted by Crippen LogP contribution is -2.51. The standard InChI is InChI=1S/C27H33N3O2/c1-29(2)26(32)27(13-17-30(18-14-27)25(31)19-21-7-3-4-8-21)20-23-9-5-6-10-24(23)22-11-15-28-16-12-22/h3,5-7,9-12,15-16,21H,4,8,13-14,17-20H2,1-2H3/t21-/m1/s1. The molecule has 0 radical (unpaired) electrons. The maximum atomic E-state index is 13.4. The molecule has 32 heavy (non-hydrogen) atoms. The molecule has 1 aliphatic carbocycles. The highest BCUT2D eigenvalue weighted by atomic mass is 16.2. The fraction of sp³-hybridized carbons (Fsp3) is 0.444. The Labute approximate surface area is 191 Å². The molecule has 1 atom stereocenters. The van der Waals surface area contributed by atoms with Crippen LogP contribution in [0.3, 0.4) is 0 Å². The van der Waals surface area contributed by atoms with Crippen molar-refractivity contribution >= 4 is 11.8 Å². The first-order valence-corrected chi connectivity index (χ1v) is 11.6. The van der Waals surface area contributed by atoms with Gasteiger partial charge >= 0.3 is 0 Å². The fourth-order valence-corrected chi connectivity index (χ4v) is 5.20. The lowest BCUT2D eigenvalue weighted by atomic mass is 9.71. The molecule has 2 aliphatic rings. The van der Waals surface area contributed by atoms with Gasteiger partial charge in [0.2, 0.25) is 11.8 Å². The van der Waals surface area contributed by atoms with Crippen molar-refractivity contribution in [1.29, 1.82) is 0 Å². The number of piperidine rings is 1. The van der Waals surface area contributed by atoms with Gasteiger partial charge in [-0.2, -0.15) is 0 Å². The second kappa shape index (κ2) is 9.68. The quantitative estimate of drug-likeness (QED) is 0.639. The molecule has 0 bridgehead atoms. The number of allylic oxidation sites excluding steroid dienone is 2. The molecule has 168 valence electrons. The van der Waals surface area contributed by atoms with E-state index in [1.165, 1.54) is 5.56 Å². The minimum atomic E-state index is -0.489. The Morgan fingerprint density at radius 3 is 2.47 bits per heavy atom. The van der Waals surface area contributed by atoms with E-state index in [2.05, 4.69) is 29.3 Å². The van der Waals surface area contributed by atoms with Crippen molar-refractivity contribution in [2.45, 2.75) is 38.5 Å². The Kier molecular flexibility index (Phi) is 6.73. The van der Waals surface area contributed by atoms with Crippen molar-refractivity contribution in [2.75, 3.05) is 27.2 Å². The van der Waals surface area contributed by atoms with Gasteiger partial charge in [0.1, 0.15) is 0 Å². The van der Waals surface area contributed by atoms with Gasteiger partial charge in [0, 0.05) is 46.0 Å². The fourth-order valence-electron chi connectivity index (χ4n) is 5.20. The van der Waals surface area contributed by atoms with E-state index in [0.29, 0.717) is 44.7 Å². The van der Waals surface area contributed by atoms with Crippen molar-refractivity contribution in [2.24, 2.45) is 11.3 Å². The maximum Gasteiger partial charge on any atom is 0.228 e. The molecule has 1 aromatic carbocycles. The molecule has 1 aliphatic heterocycles. The van der Waals surface area contributed by atoms with E-state index in [1.54, 1.807) is 17.3 Å². The number of rotatable bonds is 6. The van der Waals surface area contributed by atoms with Crippen molar-refractivity contribution < 1.29 is 9.59 Å². The number of carbonyl (C=O) groups excluding carboxylic acids is 2. The molecule has 0 saturated carbocycles. The van der Waals surface area contributed by atoms with Crippen molar-refractivity contribution in [3.8, 4) is 11.1 Å². The van der Waals surface area contributed by atoms with Gasteiger partial charge in [-0.1, -0.05) is 36.4 Å². The molecule has 1 aromatic heterocycles. The predicted molar refractivity (Wildman–Crippen MR) is 127 cm³/mol. The SMILES string of the molecule is CN(C)C(=O)C1(Cc2ccccc2-c2ccncc2)CCN(C(=O)C[C@@H]2C=CCC2)CC1. The van der Waals surface area contributed by atoms with E-state index >= 15 is 0 Å². The van der Waals surface area contributed by atoms with Crippen LogP contribution >= 0.6 is 0 Å². The van der Waals surface area contributed by atoms with E-state index in [4.69, 9.17) is 0 Å². The molecule has 0 N–H and O–H groups in total. The summed E-state index contributed by atoms with van der Waals surface area (Å²) in [6.45, 7) is 1.29. The summed E-state index contributed by atoms with van der Waals surface area (Å²) in [5, 5.41) is 0. The van der Waals surface area contributed by atoms with E-state index in [0.717, 1.165) is 24.0 Å². The number of aromatic nitrogens is 1. The Balaban J connectivity index is 1.54. The summed E-state index contributed by atoms with van der Waals surface area (Å²) in [5.41, 5.74) is 2.94.